The quantitative estimate of drug-likeness (QED) is 0.739. The molecule has 0 radical (unpaired) electrons. The van der Waals surface area contributed by atoms with Crippen LogP contribution in [0, 0.1) is 17.3 Å². The van der Waals surface area contributed by atoms with E-state index in [4.69, 9.17) is 0 Å². The minimum Gasteiger partial charge on any atom is -0.297 e. The molecule has 0 N–H and O–H groups in total. The normalized spacial score (nSPS) is 29.4. The number of rotatable bonds is 5. The number of allylic oxidation sites excluding steroid dienone is 1. The van der Waals surface area contributed by atoms with E-state index in [1.807, 2.05) is 0 Å². The molecule has 3 aliphatic carbocycles. The van der Waals surface area contributed by atoms with Gasteiger partial charge in [-0.3, -0.25) is 9.80 Å². The smallest absolute Gasteiger partial charge is 0.0196 e. The molecule has 134 valence electrons. The highest BCUT2D eigenvalue weighted by molar-refractivity contribution is 5.48. The molecule has 1 aromatic rings. The number of hydrogen-bond acceptors (Lipinski definition) is 2. The van der Waals surface area contributed by atoms with Crippen LogP contribution in [0.1, 0.15) is 32.3 Å². The van der Waals surface area contributed by atoms with Gasteiger partial charge in [0.2, 0.25) is 0 Å². The first-order chi connectivity index (χ1) is 12.1. The van der Waals surface area contributed by atoms with Gasteiger partial charge in [0.25, 0.3) is 0 Å². The van der Waals surface area contributed by atoms with Gasteiger partial charge in [-0.15, -0.1) is 0 Å². The first-order valence-electron chi connectivity index (χ1n) is 9.98. The molecule has 2 atom stereocenters. The Morgan fingerprint density at radius 1 is 1.04 bits per heavy atom. The molecule has 2 heteroatoms. The average Bonchev–Trinajstić information content (AvgIpc) is 2.64. The lowest BCUT2D eigenvalue weighted by molar-refractivity contribution is -0.0119. The van der Waals surface area contributed by atoms with Gasteiger partial charge in [0, 0.05) is 39.3 Å². The molecule has 1 aliphatic heterocycles. The van der Waals surface area contributed by atoms with Crippen molar-refractivity contribution in [2.75, 3.05) is 39.3 Å². The fourth-order valence-electron chi connectivity index (χ4n) is 4.95. The minimum absolute atomic E-state index is 0.564. The number of hydrogen-bond donors (Lipinski definition) is 0. The second-order valence-electron chi connectivity index (χ2n) is 8.71. The standard InChI is InChI=1S/C23H32N2/c1-23(2)21-11-10-20(22(23)17-21)18-25-15-13-24(14-16-25)12-6-9-19-7-4-3-5-8-19/h3-10,21-22H,11-18H2,1-2H3/b9-6+/t21-,22+/m0/s1. The first kappa shape index (κ1) is 17.1. The van der Waals surface area contributed by atoms with Gasteiger partial charge in [-0.1, -0.05) is 68.0 Å². The Morgan fingerprint density at radius 2 is 1.76 bits per heavy atom. The second-order valence-corrected chi connectivity index (χ2v) is 8.71. The van der Waals surface area contributed by atoms with Crippen LogP contribution in [0.5, 0.6) is 0 Å². The third-order valence-corrected chi connectivity index (χ3v) is 6.93. The third kappa shape index (κ3) is 3.61. The molecule has 0 aromatic heterocycles. The fraction of sp³-hybridized carbons (Fsp3) is 0.565. The zero-order chi connectivity index (χ0) is 17.3. The maximum absolute atomic E-state index is 2.68. The Balaban J connectivity index is 1.22. The molecular weight excluding hydrogens is 304 g/mol. The van der Waals surface area contributed by atoms with E-state index in [0.717, 1.165) is 18.4 Å². The van der Waals surface area contributed by atoms with Crippen LogP contribution in [0.4, 0.5) is 0 Å². The number of nitrogens with zero attached hydrogens (tertiary/aromatic N) is 2. The molecule has 2 bridgehead atoms. The van der Waals surface area contributed by atoms with Crippen molar-refractivity contribution in [1.82, 2.24) is 9.80 Å². The number of fused-ring (bicyclic) bond motifs is 1. The van der Waals surface area contributed by atoms with Crippen molar-refractivity contribution < 1.29 is 0 Å². The highest BCUT2D eigenvalue weighted by atomic mass is 15.3. The zero-order valence-corrected chi connectivity index (χ0v) is 15.8. The van der Waals surface area contributed by atoms with Gasteiger partial charge in [-0.2, -0.15) is 0 Å². The highest BCUT2D eigenvalue weighted by Crippen LogP contribution is 2.59. The van der Waals surface area contributed by atoms with E-state index in [2.05, 4.69) is 72.2 Å². The Hall–Kier alpha value is -1.38. The lowest BCUT2D eigenvalue weighted by atomic mass is 9.49. The van der Waals surface area contributed by atoms with Crippen molar-refractivity contribution in [3.63, 3.8) is 0 Å². The number of piperazine rings is 1. The average molecular weight is 337 g/mol. The van der Waals surface area contributed by atoms with Gasteiger partial charge in [-0.25, -0.2) is 0 Å². The van der Waals surface area contributed by atoms with E-state index < -0.39 is 0 Å². The summed E-state index contributed by atoms with van der Waals surface area (Å²) in [5, 5.41) is 0. The molecule has 1 aromatic carbocycles. The molecule has 1 saturated heterocycles. The van der Waals surface area contributed by atoms with E-state index in [-0.39, 0.29) is 0 Å². The van der Waals surface area contributed by atoms with Gasteiger partial charge < -0.3 is 0 Å². The van der Waals surface area contributed by atoms with Crippen molar-refractivity contribution >= 4 is 6.08 Å². The maximum Gasteiger partial charge on any atom is 0.0196 e. The molecule has 0 unspecified atom stereocenters. The van der Waals surface area contributed by atoms with E-state index >= 15 is 0 Å². The van der Waals surface area contributed by atoms with E-state index in [0.29, 0.717) is 5.41 Å². The molecule has 2 nitrogen and oxygen atoms in total. The van der Waals surface area contributed by atoms with Crippen LogP contribution in [0.25, 0.3) is 6.08 Å². The van der Waals surface area contributed by atoms with Crippen LogP contribution >= 0.6 is 0 Å². The van der Waals surface area contributed by atoms with Crippen molar-refractivity contribution in [3.05, 3.63) is 53.6 Å². The number of benzene rings is 1. The third-order valence-electron chi connectivity index (χ3n) is 6.93. The predicted molar refractivity (Wildman–Crippen MR) is 106 cm³/mol. The molecule has 0 amide bonds. The van der Waals surface area contributed by atoms with E-state index in [9.17, 15) is 0 Å². The lowest BCUT2D eigenvalue weighted by Gasteiger charge is -2.57. The molecule has 4 aliphatic rings. The fourth-order valence-corrected chi connectivity index (χ4v) is 4.95. The van der Waals surface area contributed by atoms with Gasteiger partial charge >= 0.3 is 0 Å². The van der Waals surface area contributed by atoms with Gasteiger partial charge in [0.05, 0.1) is 0 Å². The van der Waals surface area contributed by atoms with Crippen molar-refractivity contribution in [1.29, 1.82) is 0 Å². The first-order valence-corrected chi connectivity index (χ1v) is 9.98. The summed E-state index contributed by atoms with van der Waals surface area (Å²) in [6.45, 7) is 12.1. The van der Waals surface area contributed by atoms with Crippen LogP contribution in [0.15, 0.2) is 48.1 Å². The summed E-state index contributed by atoms with van der Waals surface area (Å²) in [6, 6.07) is 10.6. The zero-order valence-electron chi connectivity index (χ0n) is 15.8. The van der Waals surface area contributed by atoms with Crippen molar-refractivity contribution in [2.24, 2.45) is 17.3 Å². The van der Waals surface area contributed by atoms with Crippen molar-refractivity contribution in [2.45, 2.75) is 26.7 Å². The summed E-state index contributed by atoms with van der Waals surface area (Å²) in [7, 11) is 0. The molecule has 5 rings (SSSR count). The van der Waals surface area contributed by atoms with E-state index in [1.54, 1.807) is 5.57 Å². The Labute approximate surface area is 153 Å². The molecule has 25 heavy (non-hydrogen) atoms. The van der Waals surface area contributed by atoms with Crippen LogP contribution in [-0.2, 0) is 0 Å². The monoisotopic (exact) mass is 336 g/mol. The van der Waals surface area contributed by atoms with Crippen LogP contribution in [0.3, 0.4) is 0 Å². The van der Waals surface area contributed by atoms with Crippen LogP contribution in [0.2, 0.25) is 0 Å². The second kappa shape index (κ2) is 7.09. The molecule has 1 heterocycles. The summed E-state index contributed by atoms with van der Waals surface area (Å²) in [5.41, 5.74) is 3.60. The maximum atomic E-state index is 2.68. The molecule has 0 spiro atoms. The molecule has 2 fully saturated rings. The summed E-state index contributed by atoms with van der Waals surface area (Å²) in [6.07, 6.45) is 9.89. The van der Waals surface area contributed by atoms with Crippen molar-refractivity contribution in [3.8, 4) is 0 Å². The summed E-state index contributed by atoms with van der Waals surface area (Å²) in [4.78, 5) is 5.26. The largest absolute Gasteiger partial charge is 0.297 e. The Morgan fingerprint density at radius 3 is 2.44 bits per heavy atom. The van der Waals surface area contributed by atoms with Crippen LogP contribution < -0.4 is 0 Å². The van der Waals surface area contributed by atoms with E-state index in [1.165, 1.54) is 51.1 Å². The van der Waals surface area contributed by atoms with Gasteiger partial charge in [0.15, 0.2) is 0 Å². The summed E-state index contributed by atoms with van der Waals surface area (Å²) >= 11 is 0. The topological polar surface area (TPSA) is 6.48 Å². The summed E-state index contributed by atoms with van der Waals surface area (Å²) in [5.74, 6) is 1.81. The minimum atomic E-state index is 0.564. The molecule has 1 saturated carbocycles. The lowest BCUT2D eigenvalue weighted by Crippen LogP contribution is -2.52. The highest BCUT2D eigenvalue weighted by Gasteiger charge is 2.51. The Kier molecular flexibility index (Phi) is 4.84. The Bertz CT molecular complexity index is 635. The van der Waals surface area contributed by atoms with Gasteiger partial charge in [-0.05, 0) is 35.7 Å². The SMILES string of the molecule is CC1(C)[C@H]2CC=C(CN3CCN(C/C=C/c4ccccc4)CC3)[C@H]1C2. The van der Waals surface area contributed by atoms with Crippen LogP contribution in [-0.4, -0.2) is 49.1 Å². The molecular formula is C23H32N2. The summed E-state index contributed by atoms with van der Waals surface area (Å²) < 4.78 is 0. The van der Waals surface area contributed by atoms with Gasteiger partial charge in [0.1, 0.15) is 0 Å². The predicted octanol–water partition coefficient (Wildman–Crippen LogP) is 4.31.